The highest BCUT2D eigenvalue weighted by molar-refractivity contribution is 6.05. The third-order valence-electron chi connectivity index (χ3n) is 3.19. The number of ether oxygens (including phenoxy) is 1. The molecule has 0 unspecified atom stereocenters. The van der Waals surface area contributed by atoms with Crippen LogP contribution in [0.1, 0.15) is 27.2 Å². The predicted octanol–water partition coefficient (Wildman–Crippen LogP) is 2.40. The first-order chi connectivity index (χ1) is 9.24. The molecule has 1 aliphatic carbocycles. The molecular weight excluding hydrogens is 260 g/mol. The minimum atomic E-state index is -0.608. The third kappa shape index (κ3) is 2.41. The van der Waals surface area contributed by atoms with Crippen LogP contribution in [0.3, 0.4) is 0 Å². The van der Waals surface area contributed by atoms with Crippen molar-refractivity contribution in [3.8, 4) is 0 Å². The first-order valence-electron chi connectivity index (χ1n) is 6.21. The van der Waals surface area contributed by atoms with Crippen LogP contribution in [-0.2, 0) is 9.53 Å². The van der Waals surface area contributed by atoms with Gasteiger partial charge in [0.1, 0.15) is 0 Å². The van der Waals surface area contributed by atoms with Gasteiger partial charge in [0, 0.05) is 17.2 Å². The fraction of sp³-hybridized carbons (Fsp3) is 0.429. The molecule has 0 spiro atoms. The average Bonchev–Trinajstić information content (AvgIpc) is 2.80. The van der Waals surface area contributed by atoms with Gasteiger partial charge in [0.25, 0.3) is 5.70 Å². The van der Waals surface area contributed by atoms with Crippen LogP contribution >= 0.6 is 0 Å². The summed E-state index contributed by atoms with van der Waals surface area (Å²) in [6, 6.07) is 0. The van der Waals surface area contributed by atoms with E-state index < -0.39 is 10.9 Å². The van der Waals surface area contributed by atoms with Crippen molar-refractivity contribution in [3.05, 3.63) is 44.8 Å². The summed E-state index contributed by atoms with van der Waals surface area (Å²) < 4.78 is 4.69. The fourth-order valence-electron chi connectivity index (χ4n) is 2.07. The van der Waals surface area contributed by atoms with E-state index in [4.69, 9.17) is 0 Å². The van der Waals surface area contributed by atoms with E-state index in [9.17, 15) is 14.9 Å². The van der Waals surface area contributed by atoms with Gasteiger partial charge in [0.05, 0.1) is 29.7 Å². The number of nitrogens with zero attached hydrogens (tertiary/aromatic N) is 2. The van der Waals surface area contributed by atoms with E-state index in [1.807, 2.05) is 26.8 Å². The van der Waals surface area contributed by atoms with Crippen LogP contribution in [0.2, 0.25) is 0 Å². The molecule has 0 amide bonds. The standard InChI is InChI=1S/C14H16N2O4/c1-14(2,3)11-6-8-5-9(16(18)19)7-10(12(8)15-11)13(17)20-4/h6-7H,5H2,1-4H3. The van der Waals surface area contributed by atoms with Gasteiger partial charge in [-0.05, 0) is 11.6 Å². The number of methoxy groups -OCH3 is 1. The van der Waals surface area contributed by atoms with E-state index in [1.54, 1.807) is 0 Å². The van der Waals surface area contributed by atoms with E-state index in [0.29, 0.717) is 11.3 Å². The summed E-state index contributed by atoms with van der Waals surface area (Å²) in [7, 11) is 1.25. The lowest BCUT2D eigenvalue weighted by Crippen LogP contribution is -2.16. The van der Waals surface area contributed by atoms with E-state index in [-0.39, 0.29) is 23.1 Å². The van der Waals surface area contributed by atoms with Crippen LogP contribution in [0.4, 0.5) is 0 Å². The van der Waals surface area contributed by atoms with Crippen LogP contribution in [0.25, 0.3) is 0 Å². The van der Waals surface area contributed by atoms with Crippen LogP contribution in [0, 0.1) is 15.5 Å². The zero-order chi connectivity index (χ0) is 15.1. The van der Waals surface area contributed by atoms with Gasteiger partial charge in [-0.1, -0.05) is 20.8 Å². The Labute approximate surface area is 116 Å². The highest BCUT2D eigenvalue weighted by atomic mass is 16.6. The molecule has 106 valence electrons. The van der Waals surface area contributed by atoms with Crippen molar-refractivity contribution in [2.75, 3.05) is 7.11 Å². The molecule has 0 saturated heterocycles. The molecular formula is C14H16N2O4. The molecule has 0 aromatic rings. The van der Waals surface area contributed by atoms with Gasteiger partial charge in [-0.3, -0.25) is 15.1 Å². The number of fused-ring (bicyclic) bond motifs is 1. The summed E-state index contributed by atoms with van der Waals surface area (Å²) in [5.41, 5.74) is 1.94. The van der Waals surface area contributed by atoms with E-state index in [0.717, 1.165) is 5.71 Å². The van der Waals surface area contributed by atoms with Crippen molar-refractivity contribution in [2.45, 2.75) is 27.2 Å². The quantitative estimate of drug-likeness (QED) is 0.440. The lowest BCUT2D eigenvalue weighted by Gasteiger charge is -2.16. The highest BCUT2D eigenvalue weighted by Gasteiger charge is 2.33. The van der Waals surface area contributed by atoms with Gasteiger partial charge in [0.15, 0.2) is 0 Å². The first kappa shape index (κ1) is 14.2. The maximum absolute atomic E-state index is 11.8. The SMILES string of the molecule is COC(=O)C1=C2N=C(C(C)(C)C)C=C2CC([N+](=O)[O-])=C1. The molecule has 20 heavy (non-hydrogen) atoms. The molecule has 6 nitrogen and oxygen atoms in total. The zero-order valence-corrected chi connectivity index (χ0v) is 11.9. The Morgan fingerprint density at radius 1 is 1.40 bits per heavy atom. The molecule has 0 radical (unpaired) electrons. The Morgan fingerprint density at radius 3 is 2.55 bits per heavy atom. The molecule has 2 aliphatic rings. The van der Waals surface area contributed by atoms with Crippen LogP contribution in [0.5, 0.6) is 0 Å². The molecule has 6 heteroatoms. The molecule has 1 aliphatic heterocycles. The minimum absolute atomic E-state index is 0.0224. The Hall–Kier alpha value is -2.24. The van der Waals surface area contributed by atoms with Crippen molar-refractivity contribution >= 4 is 11.7 Å². The smallest absolute Gasteiger partial charge is 0.340 e. The van der Waals surface area contributed by atoms with E-state index in [2.05, 4.69) is 9.73 Å². The third-order valence-corrected chi connectivity index (χ3v) is 3.19. The number of rotatable bonds is 2. The Kier molecular flexibility index (Phi) is 3.33. The number of nitro groups is 1. The second-order valence-electron chi connectivity index (χ2n) is 5.74. The van der Waals surface area contributed by atoms with Crippen LogP contribution < -0.4 is 0 Å². The maximum atomic E-state index is 11.8. The van der Waals surface area contributed by atoms with Gasteiger partial charge in [0.2, 0.25) is 0 Å². The van der Waals surface area contributed by atoms with Crippen molar-refractivity contribution < 1.29 is 14.5 Å². The number of esters is 1. The zero-order valence-electron chi connectivity index (χ0n) is 11.9. The molecule has 0 aromatic carbocycles. The molecule has 0 bridgehead atoms. The van der Waals surface area contributed by atoms with Crippen LogP contribution in [-0.4, -0.2) is 23.7 Å². The summed E-state index contributed by atoms with van der Waals surface area (Å²) in [5.74, 6) is -0.608. The number of allylic oxidation sites excluding steroid dienone is 3. The van der Waals surface area contributed by atoms with Crippen molar-refractivity contribution in [1.29, 1.82) is 0 Å². The van der Waals surface area contributed by atoms with Gasteiger partial charge in [-0.25, -0.2) is 4.79 Å². The van der Waals surface area contributed by atoms with E-state index in [1.165, 1.54) is 13.2 Å². The second kappa shape index (κ2) is 4.70. The van der Waals surface area contributed by atoms with Crippen molar-refractivity contribution in [2.24, 2.45) is 10.4 Å². The van der Waals surface area contributed by atoms with Gasteiger partial charge in [-0.2, -0.15) is 0 Å². The summed E-state index contributed by atoms with van der Waals surface area (Å²) in [4.78, 5) is 26.8. The van der Waals surface area contributed by atoms with Gasteiger partial charge in [-0.15, -0.1) is 0 Å². The second-order valence-corrected chi connectivity index (χ2v) is 5.74. The molecule has 0 fully saturated rings. The fourth-order valence-corrected chi connectivity index (χ4v) is 2.07. The number of hydrogen-bond donors (Lipinski definition) is 0. The number of aliphatic imine (C=N–C) groups is 1. The predicted molar refractivity (Wildman–Crippen MR) is 73.7 cm³/mol. The molecule has 0 N–H and O–H groups in total. The van der Waals surface area contributed by atoms with Gasteiger partial charge >= 0.3 is 5.97 Å². The summed E-state index contributed by atoms with van der Waals surface area (Å²) >= 11 is 0. The molecule has 2 rings (SSSR count). The van der Waals surface area contributed by atoms with Crippen LogP contribution in [0.15, 0.2) is 39.7 Å². The van der Waals surface area contributed by atoms with Crippen molar-refractivity contribution in [1.82, 2.24) is 0 Å². The topological polar surface area (TPSA) is 81.8 Å². The summed E-state index contributed by atoms with van der Waals surface area (Å²) in [6.45, 7) is 6.00. The van der Waals surface area contributed by atoms with Crippen molar-refractivity contribution in [3.63, 3.8) is 0 Å². The Balaban J connectivity index is 2.56. The maximum Gasteiger partial charge on any atom is 0.340 e. The summed E-state index contributed by atoms with van der Waals surface area (Å²) in [5, 5.41) is 11.0. The number of hydrogen-bond acceptors (Lipinski definition) is 5. The first-order valence-corrected chi connectivity index (χ1v) is 6.21. The minimum Gasteiger partial charge on any atom is -0.465 e. The van der Waals surface area contributed by atoms with Gasteiger partial charge < -0.3 is 4.74 Å². The Bertz CT molecular complexity index is 616. The monoisotopic (exact) mass is 276 g/mol. The lowest BCUT2D eigenvalue weighted by atomic mass is 9.89. The summed E-state index contributed by atoms with van der Waals surface area (Å²) in [6.07, 6.45) is 3.26. The largest absolute Gasteiger partial charge is 0.465 e. The molecule has 0 aromatic heterocycles. The highest BCUT2D eigenvalue weighted by Crippen LogP contribution is 2.37. The molecule has 0 atom stereocenters. The lowest BCUT2D eigenvalue weighted by molar-refractivity contribution is -0.427. The normalized spacial score (nSPS) is 18.1. The number of carbonyl (C=O) groups is 1. The Morgan fingerprint density at radius 2 is 2.05 bits per heavy atom. The average molecular weight is 276 g/mol. The molecule has 0 saturated carbocycles. The number of carbonyl (C=O) groups excluding carboxylic acids is 1. The van der Waals surface area contributed by atoms with E-state index >= 15 is 0 Å². The molecule has 1 heterocycles.